The molecular weight excluding hydrogens is 232 g/mol. The molecule has 5 nitrogen and oxygen atoms in total. The summed E-state index contributed by atoms with van der Waals surface area (Å²) in [7, 11) is 0. The molecule has 0 saturated carbocycles. The van der Waals surface area contributed by atoms with Gasteiger partial charge in [0.25, 0.3) is 5.91 Å². The quantitative estimate of drug-likeness (QED) is 0.850. The summed E-state index contributed by atoms with van der Waals surface area (Å²) in [5, 5.41) is 0. The Morgan fingerprint density at radius 3 is 2.67 bits per heavy atom. The summed E-state index contributed by atoms with van der Waals surface area (Å²) in [6.45, 7) is 2.73. The summed E-state index contributed by atoms with van der Waals surface area (Å²) < 4.78 is 4.70. The number of amides is 2. The van der Waals surface area contributed by atoms with Gasteiger partial charge in [-0.25, -0.2) is 4.79 Å². The number of hydrogen-bond donors (Lipinski definition) is 1. The topological polar surface area (TPSA) is 72.6 Å². The minimum absolute atomic E-state index is 0.205. The van der Waals surface area contributed by atoms with Crippen molar-refractivity contribution in [3.05, 3.63) is 35.4 Å². The van der Waals surface area contributed by atoms with Crippen LogP contribution < -0.4 is 5.73 Å². The molecule has 2 N–H and O–H groups in total. The Morgan fingerprint density at radius 2 is 2.00 bits per heavy atom. The monoisotopic (exact) mass is 248 g/mol. The fourth-order valence-corrected chi connectivity index (χ4v) is 2.17. The van der Waals surface area contributed by atoms with Crippen molar-refractivity contribution in [2.75, 3.05) is 6.54 Å². The number of benzene rings is 1. The molecule has 5 heteroatoms. The van der Waals surface area contributed by atoms with E-state index in [1.54, 1.807) is 4.90 Å². The van der Waals surface area contributed by atoms with Crippen molar-refractivity contribution in [1.82, 2.24) is 4.90 Å². The Balaban J connectivity index is 2.04. The number of nitrogens with two attached hydrogens (primary N) is 1. The highest BCUT2D eigenvalue weighted by atomic mass is 16.6. The molecule has 1 aromatic carbocycles. The predicted octanol–water partition coefficient (Wildman–Crippen LogP) is 1.06. The zero-order valence-corrected chi connectivity index (χ0v) is 10.3. The van der Waals surface area contributed by atoms with Gasteiger partial charge in [0.2, 0.25) is 0 Å². The van der Waals surface area contributed by atoms with Crippen molar-refractivity contribution >= 4 is 12.0 Å². The number of carbonyl (C=O) groups excluding carboxylic acids is 2. The van der Waals surface area contributed by atoms with Crippen LogP contribution in [0.2, 0.25) is 0 Å². The van der Waals surface area contributed by atoms with Crippen LogP contribution in [0, 0.1) is 0 Å². The van der Waals surface area contributed by atoms with Gasteiger partial charge >= 0.3 is 6.09 Å². The molecule has 0 aliphatic carbocycles. The average molecular weight is 248 g/mol. The van der Waals surface area contributed by atoms with E-state index in [4.69, 9.17) is 10.5 Å². The zero-order valence-electron chi connectivity index (χ0n) is 10.3. The summed E-state index contributed by atoms with van der Waals surface area (Å²) in [6, 6.07) is 8.03. The van der Waals surface area contributed by atoms with Crippen LogP contribution in [-0.2, 0) is 22.5 Å². The summed E-state index contributed by atoms with van der Waals surface area (Å²) in [5.74, 6) is -0.205. The third kappa shape index (κ3) is 2.61. The number of hydrogen-bond acceptors (Lipinski definition) is 3. The molecule has 0 bridgehead atoms. The van der Waals surface area contributed by atoms with Crippen molar-refractivity contribution < 1.29 is 14.3 Å². The van der Waals surface area contributed by atoms with Crippen LogP contribution in [-0.4, -0.2) is 29.5 Å². The lowest BCUT2D eigenvalue weighted by Gasteiger charge is -2.30. The Bertz CT molecular complexity index is 473. The van der Waals surface area contributed by atoms with Gasteiger partial charge in [0.05, 0.1) is 0 Å². The van der Waals surface area contributed by atoms with E-state index in [2.05, 4.69) is 6.07 Å². The molecule has 1 atom stereocenters. The predicted molar refractivity (Wildman–Crippen MR) is 65.7 cm³/mol. The number of fused-ring (bicyclic) bond motifs is 1. The second-order valence-corrected chi connectivity index (χ2v) is 4.36. The fraction of sp³-hybridized carbons (Fsp3) is 0.385. The van der Waals surface area contributed by atoms with Gasteiger partial charge in [0.15, 0.2) is 6.10 Å². The first-order chi connectivity index (χ1) is 8.58. The van der Waals surface area contributed by atoms with Crippen molar-refractivity contribution in [3.8, 4) is 0 Å². The van der Waals surface area contributed by atoms with Gasteiger partial charge in [-0.1, -0.05) is 24.3 Å². The first-order valence-electron chi connectivity index (χ1n) is 5.89. The number of primary amides is 1. The third-order valence-electron chi connectivity index (χ3n) is 3.08. The number of carbonyl (C=O) groups is 2. The van der Waals surface area contributed by atoms with E-state index in [1.807, 2.05) is 18.2 Å². The minimum Gasteiger partial charge on any atom is -0.437 e. The fourth-order valence-electron chi connectivity index (χ4n) is 2.17. The lowest BCUT2D eigenvalue weighted by atomic mass is 10.00. The van der Waals surface area contributed by atoms with Crippen LogP contribution in [0.5, 0.6) is 0 Å². The number of ether oxygens (including phenoxy) is 1. The highest BCUT2D eigenvalue weighted by Crippen LogP contribution is 2.19. The van der Waals surface area contributed by atoms with Crippen molar-refractivity contribution in [3.63, 3.8) is 0 Å². The van der Waals surface area contributed by atoms with Gasteiger partial charge in [-0.3, -0.25) is 4.79 Å². The highest BCUT2D eigenvalue weighted by molar-refractivity contribution is 5.83. The second-order valence-electron chi connectivity index (χ2n) is 4.36. The molecule has 0 radical (unpaired) electrons. The van der Waals surface area contributed by atoms with Crippen LogP contribution in [0.25, 0.3) is 0 Å². The maximum atomic E-state index is 12.0. The second kappa shape index (κ2) is 5.08. The zero-order chi connectivity index (χ0) is 13.1. The van der Waals surface area contributed by atoms with Gasteiger partial charge in [-0.2, -0.15) is 0 Å². The normalized spacial score (nSPS) is 15.7. The molecule has 2 amide bonds. The van der Waals surface area contributed by atoms with E-state index in [9.17, 15) is 9.59 Å². The van der Waals surface area contributed by atoms with E-state index in [1.165, 1.54) is 12.5 Å². The third-order valence-corrected chi connectivity index (χ3v) is 3.08. The van der Waals surface area contributed by atoms with E-state index in [0.717, 1.165) is 12.0 Å². The minimum atomic E-state index is -0.923. The summed E-state index contributed by atoms with van der Waals surface area (Å²) in [4.78, 5) is 24.4. The lowest BCUT2D eigenvalue weighted by molar-refractivity contribution is -0.140. The Morgan fingerprint density at radius 1 is 1.33 bits per heavy atom. The molecule has 1 aromatic rings. The molecule has 1 aliphatic heterocycles. The summed E-state index contributed by atoms with van der Waals surface area (Å²) in [6.07, 6.45) is -0.924. The molecule has 0 spiro atoms. The first-order valence-corrected chi connectivity index (χ1v) is 5.89. The molecule has 0 fully saturated rings. The molecule has 2 rings (SSSR count). The summed E-state index contributed by atoms with van der Waals surface area (Å²) >= 11 is 0. The maximum Gasteiger partial charge on any atom is 0.405 e. The Hall–Kier alpha value is -2.04. The van der Waals surface area contributed by atoms with E-state index in [-0.39, 0.29) is 5.91 Å². The molecule has 18 heavy (non-hydrogen) atoms. The molecule has 1 heterocycles. The van der Waals surface area contributed by atoms with Crippen molar-refractivity contribution in [2.45, 2.75) is 26.0 Å². The molecular formula is C13H16N2O3. The largest absolute Gasteiger partial charge is 0.437 e. The maximum absolute atomic E-state index is 12.0. The van der Waals surface area contributed by atoms with Gasteiger partial charge in [-0.05, 0) is 24.5 Å². The average Bonchev–Trinajstić information content (AvgIpc) is 2.36. The molecule has 1 aliphatic rings. The summed E-state index contributed by atoms with van der Waals surface area (Å²) in [5.41, 5.74) is 7.32. The molecule has 0 saturated heterocycles. The molecule has 0 aromatic heterocycles. The molecule has 96 valence electrons. The SMILES string of the molecule is CC(OC(N)=O)C(=O)N1CCc2ccccc2C1. The highest BCUT2D eigenvalue weighted by Gasteiger charge is 2.26. The molecule has 1 unspecified atom stereocenters. The lowest BCUT2D eigenvalue weighted by Crippen LogP contribution is -2.43. The standard InChI is InChI=1S/C13H16N2O3/c1-9(18-13(14)17)12(16)15-7-6-10-4-2-3-5-11(10)8-15/h2-5,9H,6-8H2,1H3,(H2,14,17). The number of nitrogens with zero attached hydrogens (tertiary/aromatic N) is 1. The van der Waals surface area contributed by atoms with Gasteiger partial charge in [0, 0.05) is 13.1 Å². The van der Waals surface area contributed by atoms with E-state index >= 15 is 0 Å². The van der Waals surface area contributed by atoms with Crippen LogP contribution in [0.1, 0.15) is 18.1 Å². The van der Waals surface area contributed by atoms with Crippen molar-refractivity contribution in [2.24, 2.45) is 5.73 Å². The van der Waals surface area contributed by atoms with Gasteiger partial charge < -0.3 is 15.4 Å². The Labute approximate surface area is 106 Å². The van der Waals surface area contributed by atoms with Crippen LogP contribution in [0.15, 0.2) is 24.3 Å². The van der Waals surface area contributed by atoms with E-state index < -0.39 is 12.2 Å². The van der Waals surface area contributed by atoms with Gasteiger partial charge in [-0.15, -0.1) is 0 Å². The first kappa shape index (κ1) is 12.4. The smallest absolute Gasteiger partial charge is 0.405 e. The van der Waals surface area contributed by atoms with E-state index in [0.29, 0.717) is 13.1 Å². The number of rotatable bonds is 2. The van der Waals surface area contributed by atoms with Crippen LogP contribution in [0.3, 0.4) is 0 Å². The van der Waals surface area contributed by atoms with Crippen molar-refractivity contribution in [1.29, 1.82) is 0 Å². The van der Waals surface area contributed by atoms with Crippen LogP contribution in [0.4, 0.5) is 4.79 Å². The van der Waals surface area contributed by atoms with Gasteiger partial charge in [0.1, 0.15) is 0 Å². The van der Waals surface area contributed by atoms with Crippen LogP contribution >= 0.6 is 0 Å². The Kier molecular flexibility index (Phi) is 3.50.